The van der Waals surface area contributed by atoms with E-state index in [1.165, 1.54) is 12.4 Å². The lowest BCUT2D eigenvalue weighted by atomic mass is 10.2. The van der Waals surface area contributed by atoms with Gasteiger partial charge in [0, 0.05) is 31.0 Å². The molecule has 1 heterocycles. The molecule has 0 aliphatic heterocycles. The summed E-state index contributed by atoms with van der Waals surface area (Å²) in [5.41, 5.74) is 1.25. The van der Waals surface area contributed by atoms with Crippen LogP contribution in [0.3, 0.4) is 0 Å². The third-order valence-corrected chi connectivity index (χ3v) is 3.40. The van der Waals surface area contributed by atoms with E-state index in [-0.39, 0.29) is 11.8 Å². The van der Waals surface area contributed by atoms with Gasteiger partial charge in [-0.15, -0.1) is 0 Å². The van der Waals surface area contributed by atoms with E-state index in [1.54, 1.807) is 25.1 Å². The maximum absolute atomic E-state index is 12.3. The van der Waals surface area contributed by atoms with Crippen LogP contribution in [0.25, 0.3) is 0 Å². The van der Waals surface area contributed by atoms with Crippen LogP contribution in [0.2, 0.25) is 5.02 Å². The standard InChI is InChI=1S/C16H18ClN5O2/c1-3-14(23)21-11-5-6-12(17)13(7-11)22-15(24)10-8-19-16(18-4-2)20-9-10/h5-9H,3-4H2,1-2H3,(H,21,23)(H,22,24)(H,18,19,20). The molecule has 8 heteroatoms. The molecule has 0 unspecified atom stereocenters. The van der Waals surface area contributed by atoms with Gasteiger partial charge in [-0.25, -0.2) is 9.97 Å². The van der Waals surface area contributed by atoms with Gasteiger partial charge in [0.05, 0.1) is 16.3 Å². The zero-order chi connectivity index (χ0) is 17.5. The van der Waals surface area contributed by atoms with Crippen molar-refractivity contribution in [1.29, 1.82) is 0 Å². The summed E-state index contributed by atoms with van der Waals surface area (Å²) < 4.78 is 0. The molecule has 0 atom stereocenters. The number of carbonyl (C=O) groups is 2. The second-order valence-electron chi connectivity index (χ2n) is 4.88. The normalized spacial score (nSPS) is 10.1. The predicted octanol–water partition coefficient (Wildman–Crippen LogP) is 3.16. The molecule has 24 heavy (non-hydrogen) atoms. The first-order chi connectivity index (χ1) is 11.5. The second-order valence-corrected chi connectivity index (χ2v) is 5.28. The highest BCUT2D eigenvalue weighted by Crippen LogP contribution is 2.26. The molecule has 2 rings (SSSR count). The number of halogens is 1. The summed E-state index contributed by atoms with van der Waals surface area (Å²) in [6.45, 7) is 4.37. The average molecular weight is 348 g/mol. The van der Waals surface area contributed by atoms with Crippen molar-refractivity contribution in [3.63, 3.8) is 0 Å². The first-order valence-corrected chi connectivity index (χ1v) is 7.88. The highest BCUT2D eigenvalue weighted by atomic mass is 35.5. The van der Waals surface area contributed by atoms with Crippen LogP contribution >= 0.6 is 11.6 Å². The average Bonchev–Trinajstić information content (AvgIpc) is 2.58. The highest BCUT2D eigenvalue weighted by Gasteiger charge is 2.11. The maximum Gasteiger partial charge on any atom is 0.258 e. The maximum atomic E-state index is 12.3. The number of carbonyl (C=O) groups excluding carboxylic acids is 2. The molecular weight excluding hydrogens is 330 g/mol. The zero-order valence-electron chi connectivity index (χ0n) is 13.4. The summed E-state index contributed by atoms with van der Waals surface area (Å²) in [6.07, 6.45) is 3.22. The monoisotopic (exact) mass is 347 g/mol. The number of rotatable bonds is 6. The van der Waals surface area contributed by atoms with Gasteiger partial charge in [-0.3, -0.25) is 9.59 Å². The number of aromatic nitrogens is 2. The molecule has 0 saturated heterocycles. The van der Waals surface area contributed by atoms with Gasteiger partial charge >= 0.3 is 0 Å². The lowest BCUT2D eigenvalue weighted by Crippen LogP contribution is -2.14. The summed E-state index contributed by atoms with van der Waals surface area (Å²) >= 11 is 6.10. The molecule has 0 aliphatic rings. The number of nitrogens with one attached hydrogen (secondary N) is 3. The van der Waals surface area contributed by atoms with E-state index in [4.69, 9.17) is 11.6 Å². The minimum absolute atomic E-state index is 0.123. The molecule has 0 bridgehead atoms. The Labute approximate surface area is 144 Å². The van der Waals surface area contributed by atoms with E-state index in [2.05, 4.69) is 25.9 Å². The summed E-state index contributed by atoms with van der Waals surface area (Å²) in [7, 11) is 0. The number of anilines is 3. The Kier molecular flexibility index (Phi) is 6.08. The topological polar surface area (TPSA) is 96.0 Å². The van der Waals surface area contributed by atoms with Crippen LogP contribution < -0.4 is 16.0 Å². The smallest absolute Gasteiger partial charge is 0.258 e. The molecule has 0 fully saturated rings. The minimum atomic E-state index is -0.390. The number of hydrogen-bond acceptors (Lipinski definition) is 5. The minimum Gasteiger partial charge on any atom is -0.355 e. The van der Waals surface area contributed by atoms with E-state index in [0.29, 0.717) is 40.9 Å². The van der Waals surface area contributed by atoms with Gasteiger partial charge in [-0.05, 0) is 25.1 Å². The summed E-state index contributed by atoms with van der Waals surface area (Å²) in [4.78, 5) is 31.8. The molecule has 2 aromatic rings. The number of amides is 2. The largest absolute Gasteiger partial charge is 0.355 e. The zero-order valence-corrected chi connectivity index (χ0v) is 14.1. The van der Waals surface area contributed by atoms with Gasteiger partial charge < -0.3 is 16.0 Å². The number of benzene rings is 1. The Morgan fingerprint density at radius 2 is 1.83 bits per heavy atom. The lowest BCUT2D eigenvalue weighted by Gasteiger charge is -2.10. The van der Waals surface area contributed by atoms with Crippen molar-refractivity contribution in [2.24, 2.45) is 0 Å². The molecule has 7 nitrogen and oxygen atoms in total. The first kappa shape index (κ1) is 17.7. The Bertz CT molecular complexity index is 734. The molecular formula is C16H18ClN5O2. The first-order valence-electron chi connectivity index (χ1n) is 7.50. The van der Waals surface area contributed by atoms with Crippen LogP contribution in [-0.2, 0) is 4.79 Å². The van der Waals surface area contributed by atoms with Crippen LogP contribution in [0.4, 0.5) is 17.3 Å². The van der Waals surface area contributed by atoms with Crippen LogP contribution in [0, 0.1) is 0 Å². The molecule has 0 saturated carbocycles. The van der Waals surface area contributed by atoms with Crippen molar-refractivity contribution in [1.82, 2.24) is 9.97 Å². The highest BCUT2D eigenvalue weighted by molar-refractivity contribution is 6.34. The number of hydrogen-bond donors (Lipinski definition) is 3. The second kappa shape index (κ2) is 8.26. The molecule has 2 amide bonds. The van der Waals surface area contributed by atoms with Crippen LogP contribution in [0.5, 0.6) is 0 Å². The Morgan fingerprint density at radius 3 is 2.46 bits per heavy atom. The van der Waals surface area contributed by atoms with Gasteiger partial charge in [0.25, 0.3) is 5.91 Å². The van der Waals surface area contributed by atoms with Crippen molar-refractivity contribution in [2.45, 2.75) is 20.3 Å². The third-order valence-electron chi connectivity index (χ3n) is 3.07. The van der Waals surface area contributed by atoms with E-state index in [0.717, 1.165) is 0 Å². The molecule has 1 aromatic heterocycles. The van der Waals surface area contributed by atoms with Crippen molar-refractivity contribution in [3.05, 3.63) is 41.2 Å². The van der Waals surface area contributed by atoms with Gasteiger partial charge in [-0.2, -0.15) is 0 Å². The van der Waals surface area contributed by atoms with E-state index >= 15 is 0 Å². The fourth-order valence-corrected chi connectivity index (χ4v) is 2.00. The molecule has 0 radical (unpaired) electrons. The molecule has 0 aliphatic carbocycles. The summed E-state index contributed by atoms with van der Waals surface area (Å²) in [5, 5.41) is 8.71. The van der Waals surface area contributed by atoms with Crippen molar-refractivity contribution in [2.75, 3.05) is 22.5 Å². The fraction of sp³-hybridized carbons (Fsp3) is 0.250. The molecule has 1 aromatic carbocycles. The number of nitrogens with zero attached hydrogens (tertiary/aromatic N) is 2. The Morgan fingerprint density at radius 1 is 1.12 bits per heavy atom. The molecule has 3 N–H and O–H groups in total. The van der Waals surface area contributed by atoms with Crippen LogP contribution in [0.1, 0.15) is 30.6 Å². The van der Waals surface area contributed by atoms with Crippen molar-refractivity contribution in [3.8, 4) is 0 Å². The fourth-order valence-electron chi connectivity index (χ4n) is 1.84. The van der Waals surface area contributed by atoms with E-state index < -0.39 is 0 Å². The Hall–Kier alpha value is -2.67. The van der Waals surface area contributed by atoms with E-state index in [1.807, 2.05) is 6.92 Å². The SMILES string of the molecule is CCNc1ncc(C(=O)Nc2cc(NC(=O)CC)ccc2Cl)cn1. The summed E-state index contributed by atoms with van der Waals surface area (Å²) in [6, 6.07) is 4.87. The van der Waals surface area contributed by atoms with E-state index in [9.17, 15) is 9.59 Å². The summed E-state index contributed by atoms with van der Waals surface area (Å²) in [5.74, 6) is -0.0581. The van der Waals surface area contributed by atoms with Crippen molar-refractivity contribution >= 4 is 40.7 Å². The van der Waals surface area contributed by atoms with Crippen LogP contribution in [0.15, 0.2) is 30.6 Å². The third kappa shape index (κ3) is 4.66. The molecule has 126 valence electrons. The van der Waals surface area contributed by atoms with Gasteiger partial charge in [0.1, 0.15) is 0 Å². The lowest BCUT2D eigenvalue weighted by molar-refractivity contribution is -0.115. The molecule has 0 spiro atoms. The predicted molar refractivity (Wildman–Crippen MR) is 94.5 cm³/mol. The Balaban J connectivity index is 2.12. The quantitative estimate of drug-likeness (QED) is 0.746. The van der Waals surface area contributed by atoms with Gasteiger partial charge in [0.15, 0.2) is 0 Å². The van der Waals surface area contributed by atoms with Gasteiger partial charge in [-0.1, -0.05) is 18.5 Å². The van der Waals surface area contributed by atoms with Crippen LogP contribution in [-0.4, -0.2) is 28.3 Å². The van der Waals surface area contributed by atoms with Gasteiger partial charge in [0.2, 0.25) is 11.9 Å². The van der Waals surface area contributed by atoms with Crippen molar-refractivity contribution < 1.29 is 9.59 Å².